The van der Waals surface area contributed by atoms with Crippen LogP contribution < -0.4 is 5.32 Å². The van der Waals surface area contributed by atoms with Crippen LogP contribution in [0.15, 0.2) is 30.6 Å². The van der Waals surface area contributed by atoms with Gasteiger partial charge in [-0.2, -0.15) is 9.97 Å². The number of aromatic nitrogens is 4. The van der Waals surface area contributed by atoms with Crippen molar-refractivity contribution in [1.29, 1.82) is 0 Å². The Kier molecular flexibility index (Phi) is 10.1. The highest BCUT2D eigenvalue weighted by molar-refractivity contribution is 14.1. The second-order valence-electron chi connectivity index (χ2n) is 14.1. The Labute approximate surface area is 279 Å². The molecule has 0 spiro atoms. The monoisotopic (exact) mass is 775 g/mol. The summed E-state index contributed by atoms with van der Waals surface area (Å²) in [6, 6.07) is 8.19. The molecule has 0 amide bonds. The first kappa shape index (κ1) is 34.6. The van der Waals surface area contributed by atoms with E-state index in [0.29, 0.717) is 23.5 Å². The minimum atomic E-state index is -2.38. The summed E-state index contributed by atoms with van der Waals surface area (Å²) in [6.45, 7) is 22.2. The van der Waals surface area contributed by atoms with Gasteiger partial charge >= 0.3 is 5.97 Å². The standard InChI is InChI=1S/C29H43ClIN5O4SSi2/c1-28(2,3)42(7,8)39-20-21(40-43(9,10)29(4,5)6)25(41-22(20)26(37)38)36-16-33-19-23(34-27(30)35-24(19)36)32-15-17-12-11-13-18(31)14-17/h11-14,16,20-22,25H,15H2,1-10H3,(H,37,38)(H,32,34,35)/t20-,21+,22-,25+/m0/s1. The molecule has 0 aliphatic carbocycles. The fraction of sp³-hybridized carbons (Fsp3) is 0.586. The van der Waals surface area contributed by atoms with Crippen molar-refractivity contribution in [3.05, 3.63) is 45.0 Å². The normalized spacial score (nSPS) is 21.9. The van der Waals surface area contributed by atoms with Crippen molar-refractivity contribution in [1.82, 2.24) is 19.5 Å². The number of rotatable bonds is 9. The zero-order valence-corrected chi connectivity index (χ0v) is 32.3. The lowest BCUT2D eigenvalue weighted by molar-refractivity contribution is -0.139. The van der Waals surface area contributed by atoms with Gasteiger partial charge in [0.15, 0.2) is 33.6 Å². The second-order valence-corrected chi connectivity index (χ2v) is 26.5. The van der Waals surface area contributed by atoms with E-state index in [9.17, 15) is 9.90 Å². The van der Waals surface area contributed by atoms with Crippen LogP contribution in [-0.2, 0) is 20.2 Å². The Balaban J connectivity index is 1.80. The Bertz CT molecular complexity index is 1490. The summed E-state index contributed by atoms with van der Waals surface area (Å²) in [4.78, 5) is 26.5. The number of imidazole rings is 1. The molecule has 4 atom stereocenters. The van der Waals surface area contributed by atoms with E-state index in [1.807, 2.05) is 22.8 Å². The van der Waals surface area contributed by atoms with E-state index in [-0.39, 0.29) is 15.4 Å². The third-order valence-electron chi connectivity index (χ3n) is 8.92. The number of hydrogen-bond donors (Lipinski definition) is 2. The number of carboxylic acid groups (broad SMARTS) is 1. The summed E-state index contributed by atoms with van der Waals surface area (Å²) in [6.07, 6.45) is 0.491. The topological polar surface area (TPSA) is 111 Å². The van der Waals surface area contributed by atoms with E-state index in [1.54, 1.807) is 6.33 Å². The molecule has 1 aliphatic rings. The van der Waals surface area contributed by atoms with Crippen LogP contribution in [-0.4, -0.2) is 64.7 Å². The molecule has 1 aliphatic heterocycles. The molecule has 2 aromatic heterocycles. The zero-order chi connectivity index (χ0) is 32.1. The molecule has 3 aromatic rings. The first-order valence-electron chi connectivity index (χ1n) is 14.3. The average Bonchev–Trinajstić information content (AvgIpc) is 3.42. The summed E-state index contributed by atoms with van der Waals surface area (Å²) >= 11 is 10.1. The molecule has 1 aromatic carbocycles. The molecule has 9 nitrogen and oxygen atoms in total. The Hall–Kier alpha value is -1.24. The lowest BCUT2D eigenvalue weighted by Crippen LogP contribution is -2.54. The summed E-state index contributed by atoms with van der Waals surface area (Å²) in [5.41, 5.74) is 2.17. The molecule has 43 heavy (non-hydrogen) atoms. The van der Waals surface area contributed by atoms with Crippen LogP contribution in [0.5, 0.6) is 0 Å². The van der Waals surface area contributed by atoms with Gasteiger partial charge in [0.25, 0.3) is 0 Å². The van der Waals surface area contributed by atoms with Crippen molar-refractivity contribution in [3.63, 3.8) is 0 Å². The van der Waals surface area contributed by atoms with Crippen LogP contribution in [0.2, 0.25) is 41.5 Å². The number of carboxylic acids is 1. The van der Waals surface area contributed by atoms with E-state index in [4.69, 9.17) is 25.4 Å². The van der Waals surface area contributed by atoms with Crippen LogP contribution in [0.4, 0.5) is 5.82 Å². The zero-order valence-electron chi connectivity index (χ0n) is 26.5. The van der Waals surface area contributed by atoms with Gasteiger partial charge in [-0.05, 0) is 88.2 Å². The van der Waals surface area contributed by atoms with Crippen molar-refractivity contribution in [3.8, 4) is 0 Å². The SMILES string of the molecule is CC(C)(C)[Si](C)(C)O[C@@H]1[C@H](O[Si](C)(C)C(C)(C)C)[C@@H](C(=O)O)S[C@H]1n1cnc2c(NCc3cccc(I)c3)nc(Cl)nc21. The highest BCUT2D eigenvalue weighted by Gasteiger charge is 2.56. The summed E-state index contributed by atoms with van der Waals surface area (Å²) < 4.78 is 17.0. The van der Waals surface area contributed by atoms with Crippen molar-refractivity contribution in [2.24, 2.45) is 0 Å². The number of hydrogen-bond acceptors (Lipinski definition) is 8. The molecule has 1 saturated heterocycles. The number of nitrogens with one attached hydrogen (secondary N) is 1. The minimum Gasteiger partial charge on any atom is -0.480 e. The largest absolute Gasteiger partial charge is 0.480 e. The number of nitrogens with zero attached hydrogens (tertiary/aromatic N) is 4. The lowest BCUT2D eigenvalue weighted by atomic mass is 10.1. The number of thioether (sulfide) groups is 1. The summed E-state index contributed by atoms with van der Waals surface area (Å²) in [7, 11) is -4.75. The van der Waals surface area contributed by atoms with Gasteiger partial charge in [-0.15, -0.1) is 11.8 Å². The summed E-state index contributed by atoms with van der Waals surface area (Å²) in [5, 5.41) is 12.4. The van der Waals surface area contributed by atoms with Crippen LogP contribution in [0.3, 0.4) is 0 Å². The number of aliphatic carboxylic acids is 1. The molecule has 0 radical (unpaired) electrons. The molecule has 0 bridgehead atoms. The number of halogens is 2. The van der Waals surface area contributed by atoms with Gasteiger partial charge in [-0.1, -0.05) is 53.7 Å². The Morgan fingerprint density at radius 3 is 2.23 bits per heavy atom. The first-order valence-corrected chi connectivity index (χ1v) is 22.6. The smallest absolute Gasteiger partial charge is 0.319 e. The predicted octanol–water partition coefficient (Wildman–Crippen LogP) is 8.18. The molecular formula is C29H43ClIN5O4SSi2. The van der Waals surface area contributed by atoms with Crippen molar-refractivity contribution in [2.45, 2.75) is 107 Å². The van der Waals surface area contributed by atoms with Crippen LogP contribution in [0, 0.1) is 3.57 Å². The molecule has 0 saturated carbocycles. The third kappa shape index (κ3) is 7.44. The Morgan fingerprint density at radius 1 is 1.07 bits per heavy atom. The fourth-order valence-corrected chi connectivity index (χ4v) is 9.39. The van der Waals surface area contributed by atoms with Gasteiger partial charge in [0, 0.05) is 10.1 Å². The predicted molar refractivity (Wildman–Crippen MR) is 189 cm³/mol. The highest BCUT2D eigenvalue weighted by Crippen LogP contribution is 2.51. The van der Waals surface area contributed by atoms with E-state index < -0.39 is 45.4 Å². The van der Waals surface area contributed by atoms with Crippen molar-refractivity contribution in [2.75, 3.05) is 5.32 Å². The maximum atomic E-state index is 12.8. The molecule has 4 rings (SSSR count). The molecular weight excluding hydrogens is 733 g/mol. The fourth-order valence-electron chi connectivity index (χ4n) is 4.38. The molecule has 0 unspecified atom stereocenters. The molecule has 3 heterocycles. The minimum absolute atomic E-state index is 0.0770. The van der Waals surface area contributed by atoms with E-state index in [0.717, 1.165) is 9.13 Å². The van der Waals surface area contributed by atoms with Crippen LogP contribution in [0.25, 0.3) is 11.2 Å². The van der Waals surface area contributed by atoms with Crippen molar-refractivity contribution < 1.29 is 18.8 Å². The number of anilines is 1. The third-order valence-corrected chi connectivity index (χ3v) is 20.2. The van der Waals surface area contributed by atoms with E-state index >= 15 is 0 Å². The molecule has 2 N–H and O–H groups in total. The van der Waals surface area contributed by atoms with E-state index in [2.05, 4.69) is 112 Å². The van der Waals surface area contributed by atoms with E-state index in [1.165, 1.54) is 11.8 Å². The van der Waals surface area contributed by atoms with Gasteiger partial charge in [0.1, 0.15) is 16.7 Å². The van der Waals surface area contributed by atoms with Gasteiger partial charge in [0.05, 0.1) is 12.4 Å². The maximum absolute atomic E-state index is 12.8. The highest BCUT2D eigenvalue weighted by atomic mass is 127. The Morgan fingerprint density at radius 2 is 1.67 bits per heavy atom. The van der Waals surface area contributed by atoms with Gasteiger partial charge in [-0.3, -0.25) is 9.36 Å². The van der Waals surface area contributed by atoms with Gasteiger partial charge in [-0.25, -0.2) is 4.98 Å². The van der Waals surface area contributed by atoms with Gasteiger partial charge < -0.3 is 19.3 Å². The molecule has 14 heteroatoms. The maximum Gasteiger partial charge on any atom is 0.319 e. The molecule has 236 valence electrons. The van der Waals surface area contributed by atoms with Crippen LogP contribution >= 0.6 is 46.0 Å². The molecule has 1 fully saturated rings. The average molecular weight is 776 g/mol. The van der Waals surface area contributed by atoms with Gasteiger partial charge in [0.2, 0.25) is 5.28 Å². The summed E-state index contributed by atoms with van der Waals surface area (Å²) in [5.74, 6) is -0.404. The second kappa shape index (κ2) is 12.5. The van der Waals surface area contributed by atoms with Crippen molar-refractivity contribution >= 4 is 85.5 Å². The quantitative estimate of drug-likeness (QED) is 0.126. The van der Waals surface area contributed by atoms with Crippen LogP contribution in [0.1, 0.15) is 52.5 Å². The number of benzene rings is 1. The first-order chi connectivity index (χ1) is 19.7. The lowest BCUT2D eigenvalue weighted by Gasteiger charge is -2.44. The number of fused-ring (bicyclic) bond motifs is 1. The number of carbonyl (C=O) groups is 1.